The zero-order chi connectivity index (χ0) is 23.2. The molecule has 0 atom stereocenters. The van der Waals surface area contributed by atoms with E-state index < -0.39 is 21.7 Å². The lowest BCUT2D eigenvalue weighted by Crippen LogP contribution is -2.49. The number of benzene rings is 2. The molecule has 9 heteroatoms. The van der Waals surface area contributed by atoms with Gasteiger partial charge in [0.15, 0.2) is 5.13 Å². The molecule has 1 saturated heterocycles. The second-order valence-corrected chi connectivity index (χ2v) is 10.9. The van der Waals surface area contributed by atoms with Gasteiger partial charge < -0.3 is 4.90 Å². The number of sulfonamides is 1. The average molecular weight is 478 g/mol. The van der Waals surface area contributed by atoms with Crippen molar-refractivity contribution < 1.29 is 17.2 Å². The number of anilines is 1. The van der Waals surface area contributed by atoms with Crippen LogP contribution in [0.3, 0.4) is 0 Å². The van der Waals surface area contributed by atoms with Crippen molar-refractivity contribution in [1.82, 2.24) is 9.29 Å². The minimum Gasteiger partial charge on any atom is -0.345 e. The van der Waals surface area contributed by atoms with E-state index in [9.17, 15) is 17.2 Å². The Morgan fingerprint density at radius 2 is 1.44 bits per heavy atom. The summed E-state index contributed by atoms with van der Waals surface area (Å²) in [5, 5.41) is 2.47. The second-order valence-electron chi connectivity index (χ2n) is 8.15. The molecule has 1 aliphatic heterocycles. The van der Waals surface area contributed by atoms with Gasteiger partial charge in [-0.1, -0.05) is 6.07 Å². The Morgan fingerprint density at radius 3 is 2.00 bits per heavy atom. The van der Waals surface area contributed by atoms with Crippen LogP contribution < -0.4 is 4.90 Å². The fraction of sp³-hybridized carbons (Fsp3) is 0.348. The van der Waals surface area contributed by atoms with Crippen LogP contribution in [0.15, 0.2) is 34.5 Å². The van der Waals surface area contributed by atoms with Crippen molar-refractivity contribution in [3.05, 3.63) is 63.5 Å². The topological polar surface area (TPSA) is 53.5 Å². The molecule has 0 bridgehead atoms. The van der Waals surface area contributed by atoms with E-state index in [2.05, 4.69) is 4.98 Å². The zero-order valence-electron chi connectivity index (χ0n) is 18.4. The number of aryl methyl sites for hydroxylation is 2. The minimum atomic E-state index is -3.61. The van der Waals surface area contributed by atoms with Crippen molar-refractivity contribution >= 4 is 26.5 Å². The summed E-state index contributed by atoms with van der Waals surface area (Å²) in [6.45, 7) is 9.26. The molecule has 3 aromatic rings. The van der Waals surface area contributed by atoms with E-state index in [1.165, 1.54) is 27.8 Å². The quantitative estimate of drug-likeness (QED) is 0.540. The van der Waals surface area contributed by atoms with Gasteiger partial charge in [-0.05, 0) is 62.1 Å². The van der Waals surface area contributed by atoms with Crippen molar-refractivity contribution in [2.24, 2.45) is 0 Å². The number of thiazole rings is 1. The second kappa shape index (κ2) is 8.53. The predicted molar refractivity (Wildman–Crippen MR) is 124 cm³/mol. The summed E-state index contributed by atoms with van der Waals surface area (Å²) in [5.74, 6) is -1.30. The first-order valence-electron chi connectivity index (χ1n) is 10.3. The molecule has 5 nitrogen and oxygen atoms in total. The molecule has 2 heterocycles. The number of piperazine rings is 1. The van der Waals surface area contributed by atoms with Crippen molar-refractivity contribution in [3.63, 3.8) is 0 Å². The van der Waals surface area contributed by atoms with Gasteiger partial charge in [-0.25, -0.2) is 22.2 Å². The van der Waals surface area contributed by atoms with E-state index in [0.29, 0.717) is 47.5 Å². The SMILES string of the molecule is Cc1cc(C)c(C)c(S(=O)(=O)N2CCN(c3nc(-c4cc(F)cc(F)c4)cs3)CC2)c1C. The van der Waals surface area contributed by atoms with E-state index in [1.54, 1.807) is 5.38 Å². The molecule has 0 saturated carbocycles. The van der Waals surface area contributed by atoms with Crippen LogP contribution in [0.5, 0.6) is 0 Å². The standard InChI is InChI=1S/C23H25F2N3O2S2/c1-14-9-15(2)17(4)22(16(14)3)32(29,30)28-7-5-27(6-8-28)23-26-21(13-31-23)18-10-19(24)12-20(25)11-18/h9-13H,5-8H2,1-4H3. The fourth-order valence-electron chi connectivity index (χ4n) is 4.06. The maximum Gasteiger partial charge on any atom is 0.243 e. The molecule has 0 radical (unpaired) electrons. The lowest BCUT2D eigenvalue weighted by molar-refractivity contribution is 0.384. The van der Waals surface area contributed by atoms with Crippen LogP contribution in [0.4, 0.5) is 13.9 Å². The van der Waals surface area contributed by atoms with Gasteiger partial charge >= 0.3 is 0 Å². The van der Waals surface area contributed by atoms with Crippen LogP contribution in [0.2, 0.25) is 0 Å². The van der Waals surface area contributed by atoms with Crippen LogP contribution in [0.25, 0.3) is 11.3 Å². The van der Waals surface area contributed by atoms with Gasteiger partial charge in [-0.15, -0.1) is 11.3 Å². The van der Waals surface area contributed by atoms with Gasteiger partial charge in [0.05, 0.1) is 10.6 Å². The summed E-state index contributed by atoms with van der Waals surface area (Å²) in [4.78, 5) is 6.95. The molecular formula is C23H25F2N3O2S2. The largest absolute Gasteiger partial charge is 0.345 e. The zero-order valence-corrected chi connectivity index (χ0v) is 20.1. The Morgan fingerprint density at radius 1 is 0.875 bits per heavy atom. The smallest absolute Gasteiger partial charge is 0.243 e. The number of hydrogen-bond donors (Lipinski definition) is 0. The Labute approximate surface area is 191 Å². The van der Waals surface area contributed by atoms with E-state index >= 15 is 0 Å². The third-order valence-corrected chi connectivity index (χ3v) is 9.13. The lowest BCUT2D eigenvalue weighted by atomic mass is 10.0. The first kappa shape index (κ1) is 22.8. The monoisotopic (exact) mass is 477 g/mol. The lowest BCUT2D eigenvalue weighted by Gasteiger charge is -2.34. The molecule has 0 amide bonds. The molecule has 1 fully saturated rings. The molecule has 4 rings (SSSR count). The molecule has 0 spiro atoms. The van der Waals surface area contributed by atoms with Crippen LogP contribution in [0.1, 0.15) is 22.3 Å². The maximum absolute atomic E-state index is 13.5. The molecule has 1 aromatic heterocycles. The molecule has 2 aromatic carbocycles. The predicted octanol–water partition coefficient (Wildman–Crippen LogP) is 4.83. The van der Waals surface area contributed by atoms with Gasteiger partial charge in [0.25, 0.3) is 0 Å². The molecular weight excluding hydrogens is 452 g/mol. The first-order chi connectivity index (χ1) is 15.1. The molecule has 0 unspecified atom stereocenters. The van der Waals surface area contributed by atoms with E-state index in [1.807, 2.05) is 38.7 Å². The number of halogens is 2. The van der Waals surface area contributed by atoms with Gasteiger partial charge in [-0.2, -0.15) is 4.31 Å². The Kier molecular flexibility index (Phi) is 6.08. The highest BCUT2D eigenvalue weighted by Gasteiger charge is 2.32. The van der Waals surface area contributed by atoms with Crippen LogP contribution in [0, 0.1) is 39.3 Å². The van der Waals surface area contributed by atoms with Crippen LogP contribution in [-0.2, 0) is 10.0 Å². The number of aromatic nitrogens is 1. The number of rotatable bonds is 4. The van der Waals surface area contributed by atoms with Crippen molar-refractivity contribution in [3.8, 4) is 11.3 Å². The molecule has 32 heavy (non-hydrogen) atoms. The van der Waals surface area contributed by atoms with Gasteiger partial charge in [0, 0.05) is 43.2 Å². The highest BCUT2D eigenvalue weighted by atomic mass is 32.2. The van der Waals surface area contributed by atoms with Crippen LogP contribution in [-0.4, -0.2) is 43.9 Å². The highest BCUT2D eigenvalue weighted by molar-refractivity contribution is 7.89. The third-order valence-electron chi connectivity index (χ3n) is 6.05. The molecule has 0 aliphatic carbocycles. The Balaban J connectivity index is 1.52. The number of hydrogen-bond acceptors (Lipinski definition) is 5. The third kappa shape index (κ3) is 4.16. The molecule has 0 N–H and O–H groups in total. The summed E-state index contributed by atoms with van der Waals surface area (Å²) in [5.41, 5.74) is 4.40. The van der Waals surface area contributed by atoms with Crippen molar-refractivity contribution in [1.29, 1.82) is 0 Å². The number of nitrogens with zero attached hydrogens (tertiary/aromatic N) is 3. The summed E-state index contributed by atoms with van der Waals surface area (Å²) < 4.78 is 55.5. The normalized spacial score (nSPS) is 15.4. The highest BCUT2D eigenvalue weighted by Crippen LogP contribution is 2.32. The Bertz CT molecular complexity index is 1230. The summed E-state index contributed by atoms with van der Waals surface area (Å²) in [6, 6.07) is 5.35. The maximum atomic E-state index is 13.5. The van der Waals surface area contributed by atoms with Gasteiger partial charge in [-0.3, -0.25) is 0 Å². The fourth-order valence-corrected chi connectivity index (χ4v) is 6.95. The van der Waals surface area contributed by atoms with E-state index in [0.717, 1.165) is 28.3 Å². The summed E-state index contributed by atoms with van der Waals surface area (Å²) in [7, 11) is -3.61. The van der Waals surface area contributed by atoms with Gasteiger partial charge in [0.2, 0.25) is 10.0 Å². The summed E-state index contributed by atoms with van der Waals surface area (Å²) in [6.07, 6.45) is 0. The average Bonchev–Trinajstić information content (AvgIpc) is 3.22. The van der Waals surface area contributed by atoms with Crippen molar-refractivity contribution in [2.45, 2.75) is 32.6 Å². The van der Waals surface area contributed by atoms with Gasteiger partial charge in [0.1, 0.15) is 11.6 Å². The molecule has 1 aliphatic rings. The molecule has 170 valence electrons. The Hall–Kier alpha value is -2.36. The summed E-state index contributed by atoms with van der Waals surface area (Å²) >= 11 is 1.38. The van der Waals surface area contributed by atoms with E-state index in [-0.39, 0.29) is 0 Å². The first-order valence-corrected chi connectivity index (χ1v) is 12.6. The van der Waals surface area contributed by atoms with Crippen molar-refractivity contribution in [2.75, 3.05) is 31.1 Å². The van der Waals surface area contributed by atoms with E-state index in [4.69, 9.17) is 0 Å². The minimum absolute atomic E-state index is 0.345. The van der Waals surface area contributed by atoms with Crippen LogP contribution >= 0.6 is 11.3 Å².